The average Bonchev–Trinajstić information content (AvgIpc) is 2.52. The molecule has 2 aromatic rings. The number of halogens is 2. The predicted molar refractivity (Wildman–Crippen MR) is 87.7 cm³/mol. The summed E-state index contributed by atoms with van der Waals surface area (Å²) in [5.74, 6) is 0. The fourth-order valence-corrected chi connectivity index (χ4v) is 3.32. The van der Waals surface area contributed by atoms with Crippen LogP contribution < -0.4 is 0 Å². The van der Waals surface area contributed by atoms with Crippen LogP contribution in [0.3, 0.4) is 0 Å². The summed E-state index contributed by atoms with van der Waals surface area (Å²) in [6.07, 6.45) is 7.52. The Hall–Kier alpha value is -1.09. The first-order valence-corrected chi connectivity index (χ1v) is 8.07. The van der Waals surface area contributed by atoms with Gasteiger partial charge in [0.05, 0.1) is 10.0 Å². The molecule has 110 valence electrons. The lowest BCUT2D eigenvalue weighted by molar-refractivity contribution is 0.140. The van der Waals surface area contributed by atoms with Crippen molar-refractivity contribution in [2.24, 2.45) is 0 Å². The summed E-state index contributed by atoms with van der Waals surface area (Å²) in [7, 11) is 0. The Kier molecular flexibility index (Phi) is 4.79. The van der Waals surface area contributed by atoms with Crippen molar-refractivity contribution in [1.82, 2.24) is 9.88 Å². The molecule has 1 aromatic heterocycles. The van der Waals surface area contributed by atoms with Gasteiger partial charge in [-0.1, -0.05) is 41.8 Å². The van der Waals surface area contributed by atoms with Crippen molar-refractivity contribution in [2.45, 2.75) is 31.8 Å². The summed E-state index contributed by atoms with van der Waals surface area (Å²) in [6.45, 7) is 2.01. The minimum Gasteiger partial charge on any atom is -0.292 e. The zero-order valence-electron chi connectivity index (χ0n) is 11.8. The van der Waals surface area contributed by atoms with Gasteiger partial charge in [0.25, 0.3) is 0 Å². The summed E-state index contributed by atoms with van der Waals surface area (Å²) >= 11 is 12.1. The Balaban J connectivity index is 1.79. The van der Waals surface area contributed by atoms with E-state index < -0.39 is 0 Å². The molecule has 1 aromatic carbocycles. The number of likely N-dealkylation sites (tertiary alicyclic amines) is 1. The summed E-state index contributed by atoms with van der Waals surface area (Å²) < 4.78 is 0. The molecule has 1 aliphatic rings. The first kappa shape index (κ1) is 14.8. The number of hydrogen-bond acceptors (Lipinski definition) is 2. The molecule has 0 N–H and O–H groups in total. The highest BCUT2D eigenvalue weighted by Gasteiger charge is 2.24. The van der Waals surface area contributed by atoms with E-state index in [4.69, 9.17) is 23.2 Å². The molecule has 3 rings (SSSR count). The van der Waals surface area contributed by atoms with Crippen LogP contribution in [0.4, 0.5) is 0 Å². The second-order valence-electron chi connectivity index (χ2n) is 5.52. The molecule has 0 unspecified atom stereocenters. The summed E-state index contributed by atoms with van der Waals surface area (Å²) in [5.41, 5.74) is 2.51. The molecule has 0 aliphatic carbocycles. The molecule has 0 saturated carbocycles. The van der Waals surface area contributed by atoms with Crippen molar-refractivity contribution < 1.29 is 0 Å². The van der Waals surface area contributed by atoms with Crippen molar-refractivity contribution in [1.29, 1.82) is 0 Å². The van der Waals surface area contributed by atoms with Crippen molar-refractivity contribution in [3.05, 3.63) is 63.9 Å². The number of hydrogen-bond donors (Lipinski definition) is 0. The minimum atomic E-state index is 0.446. The van der Waals surface area contributed by atoms with Crippen LogP contribution in [0.2, 0.25) is 10.0 Å². The van der Waals surface area contributed by atoms with Gasteiger partial charge in [-0.15, -0.1) is 0 Å². The quantitative estimate of drug-likeness (QED) is 0.780. The van der Waals surface area contributed by atoms with E-state index in [2.05, 4.69) is 22.0 Å². The number of nitrogens with zero attached hydrogens (tertiary/aromatic N) is 2. The van der Waals surface area contributed by atoms with E-state index in [1.54, 1.807) is 0 Å². The molecule has 2 nitrogen and oxygen atoms in total. The SMILES string of the molecule is Clc1ccc(CN2CCCC[C@H]2c2cccnc2)cc1Cl. The van der Waals surface area contributed by atoms with Crippen LogP contribution in [0.15, 0.2) is 42.7 Å². The van der Waals surface area contributed by atoms with Gasteiger partial charge in [-0.25, -0.2) is 0 Å². The first-order valence-electron chi connectivity index (χ1n) is 7.32. The highest BCUT2D eigenvalue weighted by molar-refractivity contribution is 6.42. The molecule has 0 spiro atoms. The third kappa shape index (κ3) is 3.57. The second-order valence-corrected chi connectivity index (χ2v) is 6.33. The predicted octanol–water partition coefficient (Wildman–Crippen LogP) is 5.12. The van der Waals surface area contributed by atoms with E-state index in [1.807, 2.05) is 30.6 Å². The summed E-state index contributed by atoms with van der Waals surface area (Å²) in [5, 5.41) is 1.24. The van der Waals surface area contributed by atoms with E-state index in [1.165, 1.54) is 30.4 Å². The van der Waals surface area contributed by atoms with Crippen molar-refractivity contribution in [3.8, 4) is 0 Å². The molecule has 0 bridgehead atoms. The molecular formula is C17H18Cl2N2. The number of aromatic nitrogens is 1. The maximum atomic E-state index is 6.12. The highest BCUT2D eigenvalue weighted by Crippen LogP contribution is 2.32. The van der Waals surface area contributed by atoms with Crippen LogP contribution >= 0.6 is 23.2 Å². The molecule has 1 fully saturated rings. The Morgan fingerprint density at radius 2 is 2.05 bits per heavy atom. The Labute approximate surface area is 135 Å². The molecule has 21 heavy (non-hydrogen) atoms. The van der Waals surface area contributed by atoms with E-state index in [0.717, 1.165) is 13.1 Å². The van der Waals surface area contributed by atoms with Crippen molar-refractivity contribution in [3.63, 3.8) is 0 Å². The van der Waals surface area contributed by atoms with Gasteiger partial charge in [0.15, 0.2) is 0 Å². The number of rotatable bonds is 3. The number of piperidine rings is 1. The standard InChI is InChI=1S/C17H18Cl2N2/c18-15-7-6-13(10-16(15)19)12-21-9-2-1-5-17(21)14-4-3-8-20-11-14/h3-4,6-8,10-11,17H,1-2,5,9,12H2/t17-/m0/s1. The Bertz CT molecular complexity index is 601. The Morgan fingerprint density at radius 3 is 2.81 bits per heavy atom. The molecular weight excluding hydrogens is 303 g/mol. The molecule has 2 heterocycles. The van der Waals surface area contributed by atoms with Crippen LogP contribution in [0.5, 0.6) is 0 Å². The normalized spacial score (nSPS) is 19.6. The maximum absolute atomic E-state index is 6.12. The van der Waals surface area contributed by atoms with Crippen LogP contribution in [0.25, 0.3) is 0 Å². The van der Waals surface area contributed by atoms with Crippen LogP contribution in [-0.4, -0.2) is 16.4 Å². The minimum absolute atomic E-state index is 0.446. The van der Waals surface area contributed by atoms with E-state index in [0.29, 0.717) is 16.1 Å². The van der Waals surface area contributed by atoms with E-state index >= 15 is 0 Å². The molecule has 4 heteroatoms. The van der Waals surface area contributed by atoms with Gasteiger partial charge in [-0.05, 0) is 48.7 Å². The second kappa shape index (κ2) is 6.78. The fraction of sp³-hybridized carbons (Fsp3) is 0.353. The van der Waals surface area contributed by atoms with Crippen molar-refractivity contribution >= 4 is 23.2 Å². The van der Waals surface area contributed by atoms with Gasteiger partial charge in [0.1, 0.15) is 0 Å². The molecule has 1 saturated heterocycles. The van der Waals surface area contributed by atoms with Crippen LogP contribution in [-0.2, 0) is 6.54 Å². The van der Waals surface area contributed by atoms with Gasteiger partial charge < -0.3 is 0 Å². The molecule has 1 atom stereocenters. The van der Waals surface area contributed by atoms with Gasteiger partial charge >= 0.3 is 0 Å². The average molecular weight is 321 g/mol. The van der Waals surface area contributed by atoms with Gasteiger partial charge in [0, 0.05) is 25.0 Å². The molecule has 0 amide bonds. The Morgan fingerprint density at radius 1 is 1.14 bits per heavy atom. The van der Waals surface area contributed by atoms with Crippen LogP contribution in [0.1, 0.15) is 36.4 Å². The highest BCUT2D eigenvalue weighted by atomic mass is 35.5. The van der Waals surface area contributed by atoms with E-state index in [-0.39, 0.29) is 0 Å². The first-order chi connectivity index (χ1) is 10.2. The van der Waals surface area contributed by atoms with E-state index in [9.17, 15) is 0 Å². The summed E-state index contributed by atoms with van der Waals surface area (Å²) in [4.78, 5) is 6.78. The topological polar surface area (TPSA) is 16.1 Å². The lowest BCUT2D eigenvalue weighted by Crippen LogP contribution is -2.32. The molecule has 0 radical (unpaired) electrons. The smallest absolute Gasteiger partial charge is 0.0595 e. The lowest BCUT2D eigenvalue weighted by atomic mass is 9.96. The molecule has 1 aliphatic heterocycles. The van der Waals surface area contributed by atoms with Crippen molar-refractivity contribution in [2.75, 3.05) is 6.54 Å². The zero-order valence-corrected chi connectivity index (χ0v) is 13.3. The third-order valence-electron chi connectivity index (χ3n) is 4.05. The van der Waals surface area contributed by atoms with Crippen LogP contribution in [0, 0.1) is 0 Å². The van der Waals surface area contributed by atoms with Gasteiger partial charge in [0.2, 0.25) is 0 Å². The zero-order chi connectivity index (χ0) is 14.7. The number of benzene rings is 1. The third-order valence-corrected chi connectivity index (χ3v) is 4.79. The van der Waals surface area contributed by atoms with Gasteiger partial charge in [-0.2, -0.15) is 0 Å². The lowest BCUT2D eigenvalue weighted by Gasteiger charge is -2.36. The maximum Gasteiger partial charge on any atom is 0.0595 e. The largest absolute Gasteiger partial charge is 0.292 e. The summed E-state index contributed by atoms with van der Waals surface area (Å²) in [6, 6.07) is 10.5. The number of pyridine rings is 1. The monoisotopic (exact) mass is 320 g/mol. The van der Waals surface area contributed by atoms with Gasteiger partial charge in [-0.3, -0.25) is 9.88 Å². The fourth-order valence-electron chi connectivity index (χ4n) is 3.00.